The number of para-hydroxylation sites is 1. The van der Waals surface area contributed by atoms with Gasteiger partial charge in [0.1, 0.15) is 17.2 Å². The van der Waals surface area contributed by atoms with Crippen LogP contribution < -0.4 is 20.3 Å². The van der Waals surface area contributed by atoms with Crippen molar-refractivity contribution in [1.82, 2.24) is 14.3 Å². The highest BCUT2D eigenvalue weighted by molar-refractivity contribution is 6.08. The number of methoxy groups -OCH3 is 2. The molecule has 0 radical (unpaired) electrons. The Morgan fingerprint density at radius 2 is 1.84 bits per heavy atom. The predicted molar refractivity (Wildman–Crippen MR) is 118 cm³/mol. The molecule has 2 aromatic rings. The van der Waals surface area contributed by atoms with Gasteiger partial charge in [-0.1, -0.05) is 18.2 Å². The summed E-state index contributed by atoms with van der Waals surface area (Å²) in [6, 6.07) is 14.2. The first-order valence-electron chi connectivity index (χ1n) is 9.77. The van der Waals surface area contributed by atoms with Crippen molar-refractivity contribution in [2.24, 2.45) is 0 Å². The molecule has 0 saturated heterocycles. The number of hydrogen-bond acceptors (Lipinski definition) is 5. The van der Waals surface area contributed by atoms with Gasteiger partial charge in [-0.25, -0.2) is 0 Å². The molecular weight excluding hydrogens is 396 g/mol. The number of anilines is 1. The summed E-state index contributed by atoms with van der Waals surface area (Å²) in [5.41, 5.74) is 1.80. The number of hydrogen-bond donors (Lipinski definition) is 1. The van der Waals surface area contributed by atoms with E-state index >= 15 is 0 Å². The molecule has 0 fully saturated rings. The van der Waals surface area contributed by atoms with Crippen molar-refractivity contribution in [2.45, 2.75) is 13.5 Å². The van der Waals surface area contributed by atoms with E-state index in [9.17, 15) is 9.59 Å². The second-order valence-electron chi connectivity index (χ2n) is 6.84. The molecule has 8 heteroatoms. The largest absolute Gasteiger partial charge is 0.497 e. The Labute approximate surface area is 179 Å². The molecule has 0 aromatic heterocycles. The van der Waals surface area contributed by atoms with Crippen molar-refractivity contribution in [2.75, 3.05) is 19.5 Å². The van der Waals surface area contributed by atoms with Crippen molar-refractivity contribution >= 4 is 11.6 Å². The number of nitrogens with one attached hydrogen (secondary N) is 1. The number of nitrogens with zero attached hydrogens (tertiary/aromatic N) is 3. The van der Waals surface area contributed by atoms with Crippen molar-refractivity contribution in [3.8, 4) is 28.4 Å². The third-order valence-electron chi connectivity index (χ3n) is 4.99. The quantitative estimate of drug-likeness (QED) is 0.518. The van der Waals surface area contributed by atoms with Crippen LogP contribution in [0.3, 0.4) is 0 Å². The fraction of sp³-hybridized carbons (Fsp3) is 0.174. The number of carbonyl (C=O) groups excluding carboxylic acids is 1. The van der Waals surface area contributed by atoms with E-state index in [1.807, 2.05) is 25.1 Å². The van der Waals surface area contributed by atoms with E-state index in [-0.39, 0.29) is 11.1 Å². The molecule has 4 rings (SSSR count). The van der Waals surface area contributed by atoms with Crippen LogP contribution in [-0.2, 0) is 6.54 Å². The molecule has 0 aliphatic carbocycles. The van der Waals surface area contributed by atoms with Gasteiger partial charge in [0.15, 0.2) is 0 Å². The smallest absolute Gasteiger partial charge is 0.282 e. The maximum atomic E-state index is 13.2. The van der Waals surface area contributed by atoms with Crippen molar-refractivity contribution in [3.05, 3.63) is 76.8 Å². The van der Waals surface area contributed by atoms with E-state index in [0.717, 1.165) is 0 Å². The molecule has 1 N–H and O–H groups in total. The van der Waals surface area contributed by atoms with Gasteiger partial charge in [0.05, 0.1) is 36.7 Å². The highest BCUT2D eigenvalue weighted by atomic mass is 16.5. The summed E-state index contributed by atoms with van der Waals surface area (Å²) < 4.78 is 13.7. The molecule has 0 saturated carbocycles. The number of ether oxygens (including phenoxy) is 2. The minimum absolute atomic E-state index is 0.281. The van der Waals surface area contributed by atoms with E-state index in [0.29, 0.717) is 40.7 Å². The average molecular weight is 418 g/mol. The van der Waals surface area contributed by atoms with E-state index < -0.39 is 5.91 Å². The summed E-state index contributed by atoms with van der Waals surface area (Å²) in [5.74, 6) is 0.661. The van der Waals surface area contributed by atoms with Crippen LogP contribution in [-0.4, -0.2) is 34.5 Å². The zero-order chi connectivity index (χ0) is 22.0. The standard InChI is InChI=1S/C23H22N4O4/c1-4-26-13-17(22(28)24-19-12-16(30-2)10-11-20(19)31-3)21-18(14-26)23(29)27(25-21)15-8-6-5-7-9-15/h5-14H,4H2,1-3H3,(H,24,28). The molecule has 1 amide bonds. The number of aryl methyl sites for hydroxylation is 1. The molecule has 0 unspecified atom stereocenters. The minimum atomic E-state index is -0.405. The lowest BCUT2D eigenvalue weighted by molar-refractivity contribution is 0.102. The van der Waals surface area contributed by atoms with Crippen LogP contribution in [0.15, 0.2) is 65.7 Å². The van der Waals surface area contributed by atoms with Gasteiger partial charge < -0.3 is 19.4 Å². The Bertz CT molecular complexity index is 1260. The predicted octanol–water partition coefficient (Wildman–Crippen LogP) is 3.43. The third-order valence-corrected chi connectivity index (χ3v) is 4.99. The fourth-order valence-electron chi connectivity index (χ4n) is 3.35. The SMILES string of the molecule is CCn1cc(C(=O)Nc2cc(OC)ccc2OC)c2nn(-c3ccccc3)c(=O)c-2c1. The number of pyridine rings is 1. The average Bonchev–Trinajstić information content (AvgIpc) is 3.15. The van der Waals surface area contributed by atoms with Crippen LogP contribution >= 0.6 is 0 Å². The molecule has 158 valence electrons. The highest BCUT2D eigenvalue weighted by Gasteiger charge is 2.25. The summed E-state index contributed by atoms with van der Waals surface area (Å²) in [7, 11) is 3.07. The van der Waals surface area contributed by atoms with E-state index in [1.54, 1.807) is 54.4 Å². The normalized spacial score (nSPS) is 10.8. The van der Waals surface area contributed by atoms with Gasteiger partial charge in [-0.3, -0.25) is 9.59 Å². The van der Waals surface area contributed by atoms with E-state index in [1.165, 1.54) is 11.8 Å². The summed E-state index contributed by atoms with van der Waals surface area (Å²) in [6.45, 7) is 2.53. The van der Waals surface area contributed by atoms with E-state index in [4.69, 9.17) is 9.47 Å². The maximum Gasteiger partial charge on any atom is 0.282 e. The van der Waals surface area contributed by atoms with Gasteiger partial charge in [-0.2, -0.15) is 9.78 Å². The van der Waals surface area contributed by atoms with Gasteiger partial charge in [-0.05, 0) is 31.2 Å². The lowest BCUT2D eigenvalue weighted by Gasteiger charge is -2.14. The number of aromatic nitrogens is 3. The third kappa shape index (κ3) is 3.75. The van der Waals surface area contributed by atoms with Gasteiger partial charge in [0, 0.05) is 25.0 Å². The summed E-state index contributed by atoms with van der Waals surface area (Å²) >= 11 is 0. The molecule has 0 atom stereocenters. The zero-order valence-corrected chi connectivity index (χ0v) is 17.5. The molecule has 0 spiro atoms. The maximum absolute atomic E-state index is 13.2. The Morgan fingerprint density at radius 3 is 2.52 bits per heavy atom. The van der Waals surface area contributed by atoms with E-state index in [2.05, 4.69) is 10.4 Å². The highest BCUT2D eigenvalue weighted by Crippen LogP contribution is 2.30. The second kappa shape index (κ2) is 8.35. The monoisotopic (exact) mass is 418 g/mol. The van der Waals surface area contributed by atoms with Gasteiger partial charge in [0.2, 0.25) is 0 Å². The first-order valence-corrected chi connectivity index (χ1v) is 9.77. The number of amides is 1. The molecule has 2 aromatic carbocycles. The van der Waals surface area contributed by atoms with Gasteiger partial charge in [0.25, 0.3) is 11.5 Å². The lowest BCUT2D eigenvalue weighted by Crippen LogP contribution is -2.17. The Kier molecular flexibility index (Phi) is 5.44. The zero-order valence-electron chi connectivity index (χ0n) is 17.5. The molecule has 2 aliphatic rings. The van der Waals surface area contributed by atoms with Crippen LogP contribution in [0, 0.1) is 0 Å². The van der Waals surface area contributed by atoms with Crippen LogP contribution in [0.2, 0.25) is 0 Å². The van der Waals surface area contributed by atoms with Crippen LogP contribution in [0.4, 0.5) is 5.69 Å². The number of benzene rings is 2. The molecule has 2 heterocycles. The van der Waals surface area contributed by atoms with Crippen LogP contribution in [0.5, 0.6) is 11.5 Å². The Balaban J connectivity index is 1.82. The molecule has 2 aliphatic heterocycles. The molecule has 0 bridgehead atoms. The second-order valence-corrected chi connectivity index (χ2v) is 6.84. The molecule has 31 heavy (non-hydrogen) atoms. The summed E-state index contributed by atoms with van der Waals surface area (Å²) in [4.78, 5) is 26.3. The fourth-order valence-corrected chi connectivity index (χ4v) is 3.35. The first kappa shape index (κ1) is 20.2. The number of rotatable bonds is 6. The summed E-state index contributed by atoms with van der Waals surface area (Å²) in [5, 5.41) is 7.33. The summed E-state index contributed by atoms with van der Waals surface area (Å²) in [6.07, 6.45) is 3.40. The Hall–Kier alpha value is -4.07. The number of carbonyl (C=O) groups is 1. The van der Waals surface area contributed by atoms with Crippen molar-refractivity contribution in [3.63, 3.8) is 0 Å². The Morgan fingerprint density at radius 1 is 1.06 bits per heavy atom. The first-order chi connectivity index (χ1) is 15.0. The van der Waals surface area contributed by atoms with Crippen LogP contribution in [0.25, 0.3) is 16.9 Å². The minimum Gasteiger partial charge on any atom is -0.497 e. The van der Waals surface area contributed by atoms with Crippen LogP contribution in [0.1, 0.15) is 17.3 Å². The topological polar surface area (TPSA) is 87.4 Å². The molecular formula is C23H22N4O4. The van der Waals surface area contributed by atoms with Crippen molar-refractivity contribution in [1.29, 1.82) is 0 Å². The van der Waals surface area contributed by atoms with Crippen molar-refractivity contribution < 1.29 is 14.3 Å². The molecule has 8 nitrogen and oxygen atoms in total. The number of fused-ring (bicyclic) bond motifs is 1. The van der Waals surface area contributed by atoms with Gasteiger partial charge in [-0.15, -0.1) is 0 Å². The lowest BCUT2D eigenvalue weighted by atomic mass is 10.1. The van der Waals surface area contributed by atoms with Gasteiger partial charge >= 0.3 is 0 Å².